The minimum Gasteiger partial charge on any atom is -0.349 e. The van der Waals surface area contributed by atoms with Crippen molar-refractivity contribution in [3.8, 4) is 0 Å². The van der Waals surface area contributed by atoms with Crippen LogP contribution in [0.5, 0.6) is 0 Å². The number of nitrogens with one attached hydrogen (secondary N) is 1. The molecule has 1 aliphatic rings. The van der Waals surface area contributed by atoms with Gasteiger partial charge in [-0.05, 0) is 17.5 Å². The van der Waals surface area contributed by atoms with Crippen LogP contribution in [0, 0.1) is 0 Å². The lowest BCUT2D eigenvalue weighted by molar-refractivity contribution is 0.0929. The second-order valence-corrected chi connectivity index (χ2v) is 4.01. The molecule has 0 aromatic carbocycles. The fourth-order valence-electron chi connectivity index (χ4n) is 1.76. The first-order valence-corrected chi connectivity index (χ1v) is 5.09. The number of fused-ring (bicyclic) bond motifs is 3. The van der Waals surface area contributed by atoms with E-state index in [0.717, 1.165) is 18.8 Å². The van der Waals surface area contributed by atoms with Crippen molar-refractivity contribution in [2.75, 3.05) is 6.54 Å². The first kappa shape index (κ1) is 7.15. The maximum Gasteiger partial charge on any atom is 0.268 e. The molecule has 0 aliphatic carbocycles. The van der Waals surface area contributed by atoms with E-state index in [1.165, 1.54) is 10.2 Å². The van der Waals surface area contributed by atoms with Crippen LogP contribution in [0.1, 0.15) is 10.5 Å². The van der Waals surface area contributed by atoms with Gasteiger partial charge in [0, 0.05) is 18.5 Å². The molecule has 0 atom stereocenters. The van der Waals surface area contributed by atoms with E-state index in [1.54, 1.807) is 11.3 Å². The quantitative estimate of drug-likeness (QED) is 0.673. The second kappa shape index (κ2) is 2.35. The highest BCUT2D eigenvalue weighted by molar-refractivity contribution is 7.16. The molecule has 3 heterocycles. The molecular weight excluding hydrogens is 184 g/mol. The third kappa shape index (κ3) is 0.862. The van der Waals surface area contributed by atoms with Gasteiger partial charge in [-0.2, -0.15) is 0 Å². The number of amides is 1. The molecule has 1 aliphatic heterocycles. The number of hydrogen-bond donors (Lipinski definition) is 1. The van der Waals surface area contributed by atoms with Crippen molar-refractivity contribution >= 4 is 27.5 Å². The summed E-state index contributed by atoms with van der Waals surface area (Å²) in [4.78, 5) is 12.6. The van der Waals surface area contributed by atoms with E-state index in [2.05, 4.69) is 21.3 Å². The Morgan fingerprint density at radius 2 is 2.46 bits per heavy atom. The fraction of sp³-hybridized carbons (Fsp3) is 0.222. The van der Waals surface area contributed by atoms with Gasteiger partial charge in [0.25, 0.3) is 5.91 Å². The molecule has 0 unspecified atom stereocenters. The zero-order valence-corrected chi connectivity index (χ0v) is 7.73. The third-order valence-electron chi connectivity index (χ3n) is 2.36. The largest absolute Gasteiger partial charge is 0.349 e. The van der Waals surface area contributed by atoms with Crippen molar-refractivity contribution in [3.05, 3.63) is 23.2 Å². The highest BCUT2D eigenvalue weighted by Crippen LogP contribution is 2.26. The van der Waals surface area contributed by atoms with Gasteiger partial charge >= 0.3 is 0 Å². The summed E-state index contributed by atoms with van der Waals surface area (Å²) in [7, 11) is 0. The van der Waals surface area contributed by atoms with Crippen molar-refractivity contribution in [2.24, 2.45) is 0 Å². The normalized spacial score (nSPS) is 15.8. The predicted octanol–water partition coefficient (Wildman–Crippen LogP) is 1.45. The zero-order valence-electron chi connectivity index (χ0n) is 6.91. The Hall–Kier alpha value is -1.29. The Balaban J connectivity index is 2.37. The Kier molecular flexibility index (Phi) is 1.29. The monoisotopic (exact) mass is 192 g/mol. The average molecular weight is 192 g/mol. The SMILES string of the molecule is O=C1NCCn2c1cc1ccsc12. The van der Waals surface area contributed by atoms with Crippen LogP contribution < -0.4 is 5.32 Å². The molecule has 13 heavy (non-hydrogen) atoms. The first-order valence-electron chi connectivity index (χ1n) is 4.21. The molecular formula is C9H8N2OS. The minimum absolute atomic E-state index is 0.0506. The number of hydrogen-bond acceptors (Lipinski definition) is 2. The highest BCUT2D eigenvalue weighted by atomic mass is 32.1. The maximum atomic E-state index is 11.4. The first-order chi connectivity index (χ1) is 6.36. The van der Waals surface area contributed by atoms with Crippen LogP contribution in [0.4, 0.5) is 0 Å². The van der Waals surface area contributed by atoms with Crippen molar-refractivity contribution in [1.82, 2.24) is 9.88 Å². The summed E-state index contributed by atoms with van der Waals surface area (Å²) in [6, 6.07) is 4.01. The standard InChI is InChI=1S/C9H8N2OS/c12-8-7-5-6-1-4-13-9(6)11(7)3-2-10-8/h1,4-5H,2-3H2,(H,10,12). The summed E-state index contributed by atoms with van der Waals surface area (Å²) in [5.74, 6) is 0.0506. The summed E-state index contributed by atoms with van der Waals surface area (Å²) in [6.07, 6.45) is 0. The van der Waals surface area contributed by atoms with Gasteiger partial charge in [-0.1, -0.05) is 0 Å². The van der Waals surface area contributed by atoms with E-state index in [4.69, 9.17) is 0 Å². The smallest absolute Gasteiger partial charge is 0.268 e. The minimum atomic E-state index is 0.0506. The molecule has 1 amide bonds. The molecule has 3 nitrogen and oxygen atoms in total. The third-order valence-corrected chi connectivity index (χ3v) is 3.31. The van der Waals surface area contributed by atoms with Gasteiger partial charge in [-0.15, -0.1) is 11.3 Å². The van der Waals surface area contributed by atoms with Gasteiger partial charge in [0.15, 0.2) is 0 Å². The van der Waals surface area contributed by atoms with E-state index in [9.17, 15) is 4.79 Å². The number of aromatic nitrogens is 1. The molecule has 0 spiro atoms. The molecule has 66 valence electrons. The van der Waals surface area contributed by atoms with Crippen LogP contribution in [0.3, 0.4) is 0 Å². The molecule has 0 radical (unpaired) electrons. The summed E-state index contributed by atoms with van der Waals surface area (Å²) < 4.78 is 2.10. The summed E-state index contributed by atoms with van der Waals surface area (Å²) in [5.41, 5.74) is 0.799. The number of rotatable bonds is 0. The van der Waals surface area contributed by atoms with Gasteiger partial charge in [0.1, 0.15) is 10.5 Å². The topological polar surface area (TPSA) is 34.0 Å². The number of carbonyl (C=O) groups excluding carboxylic acids is 1. The van der Waals surface area contributed by atoms with Gasteiger partial charge in [0.05, 0.1) is 0 Å². The molecule has 2 aromatic rings. The van der Waals surface area contributed by atoms with Gasteiger partial charge < -0.3 is 9.88 Å². The summed E-state index contributed by atoms with van der Waals surface area (Å²) in [5, 5.41) is 6.07. The lowest BCUT2D eigenvalue weighted by atomic mass is 10.3. The summed E-state index contributed by atoms with van der Waals surface area (Å²) >= 11 is 1.69. The second-order valence-electron chi connectivity index (χ2n) is 3.12. The molecule has 0 saturated heterocycles. The van der Waals surface area contributed by atoms with Crippen LogP contribution in [0.2, 0.25) is 0 Å². The number of nitrogens with zero attached hydrogens (tertiary/aromatic N) is 1. The van der Waals surface area contributed by atoms with Gasteiger partial charge in [-0.3, -0.25) is 4.79 Å². The molecule has 0 fully saturated rings. The van der Waals surface area contributed by atoms with Crippen LogP contribution in [-0.4, -0.2) is 17.0 Å². The molecule has 1 N–H and O–H groups in total. The highest BCUT2D eigenvalue weighted by Gasteiger charge is 2.19. The molecule has 3 rings (SSSR count). The van der Waals surface area contributed by atoms with Crippen molar-refractivity contribution in [1.29, 1.82) is 0 Å². The van der Waals surface area contributed by atoms with Gasteiger partial charge in [0.2, 0.25) is 0 Å². The van der Waals surface area contributed by atoms with E-state index < -0.39 is 0 Å². The van der Waals surface area contributed by atoms with Gasteiger partial charge in [-0.25, -0.2) is 0 Å². The van der Waals surface area contributed by atoms with E-state index in [1.807, 2.05) is 6.07 Å². The van der Waals surface area contributed by atoms with E-state index in [0.29, 0.717) is 0 Å². The predicted molar refractivity (Wildman–Crippen MR) is 52.1 cm³/mol. The number of thiophene rings is 1. The Morgan fingerprint density at radius 1 is 1.54 bits per heavy atom. The molecule has 0 bridgehead atoms. The maximum absolute atomic E-state index is 11.4. The Bertz CT molecular complexity index is 483. The van der Waals surface area contributed by atoms with Crippen LogP contribution in [-0.2, 0) is 6.54 Å². The zero-order chi connectivity index (χ0) is 8.84. The summed E-state index contributed by atoms with van der Waals surface area (Å²) in [6.45, 7) is 1.64. The van der Waals surface area contributed by atoms with E-state index in [-0.39, 0.29) is 5.91 Å². The lowest BCUT2D eigenvalue weighted by Crippen LogP contribution is -2.34. The van der Waals surface area contributed by atoms with Crippen molar-refractivity contribution < 1.29 is 4.79 Å². The Morgan fingerprint density at radius 3 is 3.38 bits per heavy atom. The van der Waals surface area contributed by atoms with Crippen LogP contribution in [0.15, 0.2) is 17.5 Å². The lowest BCUT2D eigenvalue weighted by Gasteiger charge is -2.15. The molecule has 2 aromatic heterocycles. The molecule has 0 saturated carbocycles. The fourth-order valence-corrected chi connectivity index (χ4v) is 2.68. The number of carbonyl (C=O) groups is 1. The van der Waals surface area contributed by atoms with Crippen LogP contribution in [0.25, 0.3) is 10.2 Å². The van der Waals surface area contributed by atoms with Crippen molar-refractivity contribution in [3.63, 3.8) is 0 Å². The van der Waals surface area contributed by atoms with E-state index >= 15 is 0 Å². The Labute approximate surface area is 79.0 Å². The van der Waals surface area contributed by atoms with Crippen LogP contribution >= 0.6 is 11.3 Å². The van der Waals surface area contributed by atoms with Crippen molar-refractivity contribution in [2.45, 2.75) is 6.54 Å². The average Bonchev–Trinajstić information content (AvgIpc) is 2.65. The molecule has 4 heteroatoms.